The number of rotatable bonds is 3. The van der Waals surface area contributed by atoms with Gasteiger partial charge in [0.2, 0.25) is 0 Å². The van der Waals surface area contributed by atoms with Crippen molar-refractivity contribution in [3.05, 3.63) is 82.9 Å². The molecule has 17 heteroatoms. The van der Waals surface area contributed by atoms with E-state index in [-0.39, 0.29) is 17.1 Å². The first-order valence-corrected chi connectivity index (χ1v) is 14.1. The quantitative estimate of drug-likeness (QED) is 0.334. The molecule has 0 saturated carbocycles. The van der Waals surface area contributed by atoms with Crippen molar-refractivity contribution in [2.24, 2.45) is 0 Å². The zero-order valence-electron chi connectivity index (χ0n) is 22.8. The van der Waals surface area contributed by atoms with Crippen LogP contribution in [-0.2, 0) is 15.0 Å². The number of amides is 1. The van der Waals surface area contributed by atoms with Crippen molar-refractivity contribution in [3.8, 4) is 0 Å². The number of hydrogen-bond donors (Lipinski definition) is 1. The fraction of sp³-hybridized carbons (Fsp3) is 0.286. The smallest absolute Gasteiger partial charge is 0.430 e. The maximum atomic E-state index is 13.4. The molecule has 2 aromatic carbocycles. The van der Waals surface area contributed by atoms with Gasteiger partial charge < -0.3 is 30.0 Å². The number of carboxylic acid groups (broad SMARTS) is 2. The van der Waals surface area contributed by atoms with Crippen molar-refractivity contribution in [1.29, 1.82) is 0 Å². The molecule has 1 aromatic heterocycles. The Hall–Kier alpha value is -3.89. The number of halogens is 8. The van der Waals surface area contributed by atoms with Gasteiger partial charge in [0.15, 0.2) is 6.20 Å². The molecule has 2 aliphatic heterocycles. The highest BCUT2D eigenvalue weighted by atomic mass is 35.5. The monoisotopic (exact) mass is 681 g/mol. The topological polar surface area (TPSA) is 131 Å². The van der Waals surface area contributed by atoms with Gasteiger partial charge in [-0.25, -0.2) is 9.37 Å². The number of benzene rings is 2. The Bertz CT molecular complexity index is 1510. The van der Waals surface area contributed by atoms with Crippen LogP contribution in [0.25, 0.3) is 0 Å². The lowest BCUT2D eigenvalue weighted by molar-refractivity contribution is -0.665. The van der Waals surface area contributed by atoms with Gasteiger partial charge in [-0.05, 0) is 59.6 Å². The lowest BCUT2D eigenvalue weighted by Crippen LogP contribution is -2.87. The van der Waals surface area contributed by atoms with Crippen LogP contribution in [0, 0.1) is 5.82 Å². The number of H-pyrrole nitrogens is 1. The highest BCUT2D eigenvalue weighted by Gasteiger charge is 2.46. The van der Waals surface area contributed by atoms with Gasteiger partial charge >= 0.3 is 12.4 Å². The standard InChI is InChI=1S/C24H21ClFN3OS.2C2HF3O2/c25-22-13-16(7-10-28-22)23(30)29-15-24(8-11-27-12-9-24)20-14-19(5-6-21(20)29)31-18-3-1-17(26)2-4-18;2*3-2(4,5)1(6)7/h1-7,10,13-14,27H,8-9,11-12,15H2;2*(H,6,7). The number of carboxylic acids is 2. The van der Waals surface area contributed by atoms with Crippen LogP contribution in [0.1, 0.15) is 28.8 Å². The fourth-order valence-electron chi connectivity index (χ4n) is 4.71. The Kier molecular flexibility index (Phi) is 11.4. The summed E-state index contributed by atoms with van der Waals surface area (Å²) in [5, 5.41) is 20.4. The average Bonchev–Trinajstić information content (AvgIpc) is 3.26. The summed E-state index contributed by atoms with van der Waals surface area (Å²) >= 11 is 7.71. The van der Waals surface area contributed by atoms with Crippen LogP contribution in [0.15, 0.2) is 70.6 Å². The van der Waals surface area contributed by atoms with E-state index < -0.39 is 24.3 Å². The molecular formula is C28H23ClF7N3O5S. The number of nitrogens with two attached hydrogens (primary N) is 1. The normalized spacial score (nSPS) is 15.2. The van der Waals surface area contributed by atoms with E-state index in [1.54, 1.807) is 42.2 Å². The third-order valence-corrected chi connectivity index (χ3v) is 7.93. The SMILES string of the molecule is O=C([O-])C(F)(F)F.O=C([O-])C(F)(F)F.O=C(c1cc[nH+]c(Cl)c1)N1CC2(CC[NH2+]CC2)c2cc(Sc3ccc(F)cc3)ccc21. The number of hydrogen-bond acceptors (Lipinski definition) is 6. The number of alkyl halides is 6. The van der Waals surface area contributed by atoms with Crippen molar-refractivity contribution >= 4 is 46.9 Å². The zero-order chi connectivity index (χ0) is 33.6. The highest BCUT2D eigenvalue weighted by molar-refractivity contribution is 7.99. The number of anilines is 1. The van der Waals surface area contributed by atoms with Crippen molar-refractivity contribution in [3.63, 3.8) is 0 Å². The van der Waals surface area contributed by atoms with Crippen LogP contribution in [-0.4, -0.2) is 49.8 Å². The minimum absolute atomic E-state index is 0.0240. The predicted octanol–water partition coefficient (Wildman–Crippen LogP) is 2.30. The molecule has 1 saturated heterocycles. The summed E-state index contributed by atoms with van der Waals surface area (Å²) in [5.74, 6) is -6.27. The van der Waals surface area contributed by atoms with Crippen LogP contribution < -0.4 is 25.4 Å². The third-order valence-electron chi connectivity index (χ3n) is 6.72. The van der Waals surface area contributed by atoms with E-state index in [4.69, 9.17) is 31.4 Å². The number of aliphatic carboxylic acids is 2. The molecule has 1 spiro atoms. The van der Waals surface area contributed by atoms with Crippen LogP contribution >= 0.6 is 23.4 Å². The number of aromatic amines is 1. The highest BCUT2D eigenvalue weighted by Crippen LogP contribution is 2.47. The molecule has 1 amide bonds. The number of fused-ring (bicyclic) bond motifs is 2. The molecule has 5 rings (SSSR count). The summed E-state index contributed by atoms with van der Waals surface area (Å²) in [6, 6.07) is 16.3. The maximum Gasteiger partial charge on any atom is 0.430 e. The number of aromatic nitrogens is 1. The lowest BCUT2D eigenvalue weighted by Gasteiger charge is -2.32. The minimum atomic E-state index is -5.19. The summed E-state index contributed by atoms with van der Waals surface area (Å²) in [5.41, 5.74) is 2.79. The first kappa shape index (κ1) is 35.6. The number of carbonyl (C=O) groups excluding carboxylic acids is 3. The number of pyridine rings is 1. The Morgan fingerprint density at radius 1 is 0.867 bits per heavy atom. The third kappa shape index (κ3) is 9.55. The average molecular weight is 682 g/mol. The number of piperidine rings is 1. The van der Waals surface area contributed by atoms with Gasteiger partial charge in [-0.2, -0.15) is 26.3 Å². The van der Waals surface area contributed by atoms with Gasteiger partial charge in [0.25, 0.3) is 11.1 Å². The second kappa shape index (κ2) is 14.5. The first-order valence-electron chi connectivity index (χ1n) is 12.9. The van der Waals surface area contributed by atoms with Crippen molar-refractivity contribution < 1.29 is 65.6 Å². The van der Waals surface area contributed by atoms with E-state index in [2.05, 4.69) is 22.4 Å². The number of nitrogens with one attached hydrogen (secondary N) is 1. The molecule has 1 fully saturated rings. The summed E-state index contributed by atoms with van der Waals surface area (Å²) in [6.07, 6.45) is -6.62. The largest absolute Gasteiger partial charge is 0.542 e. The Balaban J connectivity index is 0.000000331. The molecular weight excluding hydrogens is 659 g/mol. The van der Waals surface area contributed by atoms with Crippen LogP contribution in [0.4, 0.5) is 36.4 Å². The molecule has 0 aliphatic carbocycles. The summed E-state index contributed by atoms with van der Waals surface area (Å²) < 4.78 is 76.4. The molecule has 0 atom stereocenters. The second-order valence-corrected chi connectivity index (χ2v) is 11.3. The Morgan fingerprint density at radius 2 is 1.40 bits per heavy atom. The first-order chi connectivity index (χ1) is 20.9. The van der Waals surface area contributed by atoms with E-state index in [0.717, 1.165) is 41.4 Å². The van der Waals surface area contributed by atoms with E-state index in [9.17, 15) is 35.5 Å². The summed E-state index contributed by atoms with van der Waals surface area (Å²) in [4.78, 5) is 37.9. The molecule has 45 heavy (non-hydrogen) atoms. The number of nitrogens with zero attached hydrogens (tertiary/aromatic N) is 1. The summed E-state index contributed by atoms with van der Waals surface area (Å²) in [7, 11) is 0. The Labute approximate surface area is 260 Å². The molecule has 242 valence electrons. The molecule has 2 aliphatic rings. The van der Waals surface area contributed by atoms with Crippen LogP contribution in [0.5, 0.6) is 0 Å². The lowest BCUT2D eigenvalue weighted by atomic mass is 9.75. The molecule has 0 bridgehead atoms. The number of carbonyl (C=O) groups is 3. The maximum absolute atomic E-state index is 13.4. The predicted molar refractivity (Wildman–Crippen MR) is 141 cm³/mol. The van der Waals surface area contributed by atoms with Gasteiger partial charge in [0, 0.05) is 52.4 Å². The van der Waals surface area contributed by atoms with Gasteiger partial charge in [-0.1, -0.05) is 11.8 Å². The molecule has 3 N–H and O–H groups in total. The fourth-order valence-corrected chi connectivity index (χ4v) is 5.75. The molecule has 3 heterocycles. The van der Waals surface area contributed by atoms with E-state index in [1.165, 1.54) is 17.7 Å². The summed E-state index contributed by atoms with van der Waals surface area (Å²) in [6.45, 7) is 2.81. The van der Waals surface area contributed by atoms with E-state index in [1.807, 2.05) is 11.0 Å². The van der Waals surface area contributed by atoms with Crippen molar-refractivity contribution in [1.82, 2.24) is 0 Å². The second-order valence-electron chi connectivity index (χ2n) is 9.77. The molecule has 3 aromatic rings. The Morgan fingerprint density at radius 3 is 1.91 bits per heavy atom. The minimum Gasteiger partial charge on any atom is -0.542 e. The van der Waals surface area contributed by atoms with Crippen LogP contribution in [0.2, 0.25) is 5.15 Å². The van der Waals surface area contributed by atoms with Gasteiger partial charge in [-0.15, -0.1) is 0 Å². The van der Waals surface area contributed by atoms with Gasteiger partial charge in [-0.3, -0.25) is 4.79 Å². The van der Waals surface area contributed by atoms with Gasteiger partial charge in [0.1, 0.15) is 17.8 Å². The van der Waals surface area contributed by atoms with Gasteiger partial charge in [0.05, 0.1) is 18.7 Å². The van der Waals surface area contributed by atoms with Crippen molar-refractivity contribution in [2.45, 2.75) is 40.4 Å². The molecule has 8 nitrogen and oxygen atoms in total. The van der Waals surface area contributed by atoms with E-state index >= 15 is 0 Å². The zero-order valence-corrected chi connectivity index (χ0v) is 24.4. The number of quaternary nitrogens is 1. The van der Waals surface area contributed by atoms with Crippen LogP contribution in [0.3, 0.4) is 0 Å². The van der Waals surface area contributed by atoms with E-state index in [0.29, 0.717) is 17.3 Å². The molecule has 0 unspecified atom stereocenters. The molecule has 0 radical (unpaired) electrons. The van der Waals surface area contributed by atoms with Crippen molar-refractivity contribution in [2.75, 3.05) is 24.5 Å².